The summed E-state index contributed by atoms with van der Waals surface area (Å²) in [5, 5.41) is 0. The molecule has 3 rings (SSSR count). The van der Waals surface area contributed by atoms with E-state index in [4.69, 9.17) is 16.3 Å². The van der Waals surface area contributed by atoms with Crippen molar-refractivity contribution in [3.05, 3.63) is 54.1 Å². The summed E-state index contributed by atoms with van der Waals surface area (Å²) in [6, 6.07) is 14.3. The van der Waals surface area contributed by atoms with Gasteiger partial charge in [0.25, 0.3) is 5.91 Å². The number of nitrogens with zero attached hydrogens (tertiary/aromatic N) is 1. The van der Waals surface area contributed by atoms with Crippen LogP contribution in [0.1, 0.15) is 18.1 Å². The van der Waals surface area contributed by atoms with Crippen molar-refractivity contribution in [2.75, 3.05) is 17.2 Å². The first-order chi connectivity index (χ1) is 11.6. The summed E-state index contributed by atoms with van der Waals surface area (Å²) < 4.78 is 5.88. The summed E-state index contributed by atoms with van der Waals surface area (Å²) in [4.78, 5) is 25.9. The van der Waals surface area contributed by atoms with Crippen LogP contribution < -0.4 is 26.6 Å². The third kappa shape index (κ3) is 3.02. The van der Waals surface area contributed by atoms with Crippen LogP contribution in [0.25, 0.3) is 0 Å². The fourth-order valence-corrected chi connectivity index (χ4v) is 2.64. The number of hydrogen-bond acceptors (Lipinski definition) is 5. The Balaban J connectivity index is 1.96. The smallest absolute Gasteiger partial charge is 0.272 e. The van der Waals surface area contributed by atoms with Gasteiger partial charge in [0.05, 0.1) is 5.69 Å². The Morgan fingerprint density at radius 1 is 1.21 bits per heavy atom. The van der Waals surface area contributed by atoms with E-state index >= 15 is 0 Å². The van der Waals surface area contributed by atoms with Crippen LogP contribution in [-0.2, 0) is 9.59 Å². The molecule has 2 amide bonds. The first-order valence-electron chi connectivity index (χ1n) is 7.52. The molecule has 2 aromatic carbocycles. The van der Waals surface area contributed by atoms with Crippen LogP contribution in [0.4, 0.5) is 11.4 Å². The summed E-state index contributed by atoms with van der Waals surface area (Å²) in [5.74, 6) is 5.06. The Morgan fingerprint density at radius 3 is 2.67 bits per heavy atom. The van der Waals surface area contributed by atoms with E-state index in [1.54, 1.807) is 18.2 Å². The number of carbonyl (C=O) groups is 2. The van der Waals surface area contributed by atoms with Crippen LogP contribution in [0.3, 0.4) is 0 Å². The summed E-state index contributed by atoms with van der Waals surface area (Å²) in [6.07, 6.45) is -0.680. The number of anilines is 2. The van der Waals surface area contributed by atoms with Crippen molar-refractivity contribution >= 4 is 23.2 Å². The molecule has 1 heterocycles. The van der Waals surface area contributed by atoms with E-state index in [2.05, 4.69) is 5.43 Å². The van der Waals surface area contributed by atoms with Gasteiger partial charge in [0, 0.05) is 24.2 Å². The van der Waals surface area contributed by atoms with Gasteiger partial charge in [0.2, 0.25) is 12.0 Å². The normalized spacial score (nSPS) is 16.3. The molecule has 0 aromatic heterocycles. The lowest BCUT2D eigenvalue weighted by Crippen LogP contribution is -2.43. The zero-order valence-corrected chi connectivity index (χ0v) is 12.9. The maximum absolute atomic E-state index is 12.9. The van der Waals surface area contributed by atoms with Crippen molar-refractivity contribution < 1.29 is 14.3 Å². The number of fused-ring (bicyclic) bond motifs is 1. The van der Waals surface area contributed by atoms with Crippen LogP contribution in [0.15, 0.2) is 48.5 Å². The first kappa shape index (κ1) is 15.8. The highest BCUT2D eigenvalue weighted by molar-refractivity contribution is 6.01. The SMILES string of the molecule is NNC(=O)CCN1C(=O)C(c2ccccc2)Oc2ccc(N)cc21. The Hall–Kier alpha value is -3.06. The van der Waals surface area contributed by atoms with E-state index in [1.807, 2.05) is 30.3 Å². The average Bonchev–Trinajstić information content (AvgIpc) is 2.61. The Labute approximate surface area is 139 Å². The molecule has 0 saturated heterocycles. The van der Waals surface area contributed by atoms with Gasteiger partial charge >= 0.3 is 0 Å². The van der Waals surface area contributed by atoms with Gasteiger partial charge in [-0.05, 0) is 18.2 Å². The van der Waals surface area contributed by atoms with E-state index < -0.39 is 6.10 Å². The molecule has 124 valence electrons. The molecule has 1 unspecified atom stereocenters. The van der Waals surface area contributed by atoms with Gasteiger partial charge in [0.1, 0.15) is 5.75 Å². The van der Waals surface area contributed by atoms with Crippen LogP contribution in [0.2, 0.25) is 0 Å². The topological polar surface area (TPSA) is 111 Å². The number of benzene rings is 2. The molecular formula is C17H18N4O3. The molecule has 5 N–H and O–H groups in total. The van der Waals surface area contributed by atoms with Crippen LogP contribution in [-0.4, -0.2) is 18.4 Å². The van der Waals surface area contributed by atoms with Gasteiger partial charge in [-0.2, -0.15) is 0 Å². The van der Waals surface area contributed by atoms with E-state index in [1.165, 1.54) is 4.90 Å². The number of rotatable bonds is 4. The molecule has 7 nitrogen and oxygen atoms in total. The fourth-order valence-electron chi connectivity index (χ4n) is 2.64. The Morgan fingerprint density at radius 2 is 1.96 bits per heavy atom. The van der Waals surface area contributed by atoms with Crippen LogP contribution in [0.5, 0.6) is 5.75 Å². The van der Waals surface area contributed by atoms with Crippen molar-refractivity contribution in [2.45, 2.75) is 12.5 Å². The molecule has 0 fully saturated rings. The molecule has 7 heteroatoms. The maximum Gasteiger partial charge on any atom is 0.272 e. The molecule has 0 saturated carbocycles. The van der Waals surface area contributed by atoms with Gasteiger partial charge in [-0.3, -0.25) is 15.0 Å². The summed E-state index contributed by atoms with van der Waals surface area (Å²) in [6.45, 7) is 0.186. The van der Waals surface area contributed by atoms with Gasteiger partial charge in [0.15, 0.2) is 0 Å². The second kappa shape index (κ2) is 6.59. The number of ether oxygens (including phenoxy) is 1. The van der Waals surface area contributed by atoms with E-state index in [0.29, 0.717) is 17.1 Å². The molecule has 1 aliphatic heterocycles. The standard InChI is InChI=1S/C17H18N4O3/c18-12-6-7-14-13(10-12)21(9-8-15(22)20-19)17(23)16(24-14)11-4-2-1-3-5-11/h1-7,10,16H,8-9,18-19H2,(H,20,22). The number of nitrogens with two attached hydrogens (primary N) is 2. The monoisotopic (exact) mass is 326 g/mol. The molecule has 0 radical (unpaired) electrons. The number of hydrogen-bond donors (Lipinski definition) is 3. The van der Waals surface area contributed by atoms with Gasteiger partial charge < -0.3 is 15.4 Å². The quantitative estimate of drug-likeness (QED) is 0.337. The molecule has 0 bridgehead atoms. The second-order valence-electron chi connectivity index (χ2n) is 5.44. The van der Waals surface area contributed by atoms with Gasteiger partial charge in [-0.25, -0.2) is 5.84 Å². The minimum Gasteiger partial charge on any atom is -0.474 e. The Bertz CT molecular complexity index is 764. The minimum absolute atomic E-state index is 0.0813. The van der Waals surface area contributed by atoms with Crippen molar-refractivity contribution in [1.82, 2.24) is 5.43 Å². The molecule has 0 aliphatic carbocycles. The number of nitrogen functional groups attached to an aromatic ring is 1. The number of hydrazine groups is 1. The molecular weight excluding hydrogens is 308 g/mol. The largest absolute Gasteiger partial charge is 0.474 e. The van der Waals surface area contributed by atoms with E-state index in [0.717, 1.165) is 5.56 Å². The summed E-state index contributed by atoms with van der Waals surface area (Å²) >= 11 is 0. The lowest BCUT2D eigenvalue weighted by atomic mass is 10.0. The molecule has 1 atom stereocenters. The van der Waals surface area contributed by atoms with Crippen molar-refractivity contribution in [2.24, 2.45) is 5.84 Å². The van der Waals surface area contributed by atoms with Crippen molar-refractivity contribution in [3.8, 4) is 5.75 Å². The summed E-state index contributed by atoms with van der Waals surface area (Å²) in [5.41, 5.74) is 9.70. The molecule has 2 aromatic rings. The lowest BCUT2D eigenvalue weighted by Gasteiger charge is -2.34. The second-order valence-corrected chi connectivity index (χ2v) is 5.44. The minimum atomic E-state index is -0.761. The average molecular weight is 326 g/mol. The Kier molecular flexibility index (Phi) is 4.35. The van der Waals surface area contributed by atoms with Crippen LogP contribution >= 0.6 is 0 Å². The molecule has 24 heavy (non-hydrogen) atoms. The first-order valence-corrected chi connectivity index (χ1v) is 7.52. The lowest BCUT2D eigenvalue weighted by molar-refractivity contribution is -0.126. The van der Waals surface area contributed by atoms with Crippen molar-refractivity contribution in [3.63, 3.8) is 0 Å². The predicted molar refractivity (Wildman–Crippen MR) is 90.0 cm³/mol. The summed E-state index contributed by atoms with van der Waals surface area (Å²) in [7, 11) is 0. The zero-order valence-electron chi connectivity index (χ0n) is 12.9. The zero-order chi connectivity index (χ0) is 17.1. The predicted octanol–water partition coefficient (Wildman–Crippen LogP) is 1.12. The van der Waals surface area contributed by atoms with E-state index in [-0.39, 0.29) is 24.8 Å². The highest BCUT2D eigenvalue weighted by atomic mass is 16.5. The number of nitrogens with one attached hydrogen (secondary N) is 1. The number of amides is 2. The highest BCUT2D eigenvalue weighted by Gasteiger charge is 2.35. The fraction of sp³-hybridized carbons (Fsp3) is 0.176. The molecule has 1 aliphatic rings. The molecule has 0 spiro atoms. The van der Waals surface area contributed by atoms with E-state index in [9.17, 15) is 9.59 Å². The van der Waals surface area contributed by atoms with Gasteiger partial charge in [-0.1, -0.05) is 30.3 Å². The highest BCUT2D eigenvalue weighted by Crippen LogP contribution is 2.40. The van der Waals surface area contributed by atoms with Gasteiger partial charge in [-0.15, -0.1) is 0 Å². The number of carbonyl (C=O) groups excluding carboxylic acids is 2. The van der Waals surface area contributed by atoms with Crippen LogP contribution in [0, 0.1) is 0 Å². The third-order valence-corrected chi connectivity index (χ3v) is 3.83. The maximum atomic E-state index is 12.9. The third-order valence-electron chi connectivity index (χ3n) is 3.83. The van der Waals surface area contributed by atoms with Crippen molar-refractivity contribution in [1.29, 1.82) is 0 Å².